The molecule has 22 heavy (non-hydrogen) atoms. The van der Waals surface area contributed by atoms with E-state index in [0.29, 0.717) is 45.2 Å². The number of nitro groups is 5. The Morgan fingerprint density at radius 3 is 1.05 bits per heavy atom. The third-order valence-corrected chi connectivity index (χ3v) is 4.38. The molecular formula is C4H4I2N6O10. The van der Waals surface area contributed by atoms with Crippen LogP contribution in [-0.2, 0) is 0 Å². The number of hydrazine groups is 1. The Hall–Kier alpha value is -1.74. The van der Waals surface area contributed by atoms with Crippen molar-refractivity contribution in [1.29, 1.82) is 0 Å². The van der Waals surface area contributed by atoms with Crippen LogP contribution in [0.5, 0.6) is 0 Å². The zero-order valence-corrected chi connectivity index (χ0v) is 14.3. The summed E-state index contributed by atoms with van der Waals surface area (Å²) in [5.74, 6) is 0. The topological polar surface area (TPSA) is 219 Å². The molecule has 0 atom stereocenters. The highest BCUT2D eigenvalue weighted by Gasteiger charge is 2.63. The fourth-order valence-corrected chi connectivity index (χ4v) is 1.79. The minimum Gasteiger partial charge on any atom is -0.258 e. The maximum absolute atomic E-state index is 10.8. The van der Waals surface area contributed by atoms with Crippen LogP contribution in [0.1, 0.15) is 0 Å². The number of halogens is 2. The van der Waals surface area contributed by atoms with Crippen LogP contribution in [0.25, 0.3) is 0 Å². The van der Waals surface area contributed by atoms with Crippen molar-refractivity contribution in [3.63, 3.8) is 0 Å². The fourth-order valence-electron chi connectivity index (χ4n) is 1.00. The molecule has 0 spiro atoms. The summed E-state index contributed by atoms with van der Waals surface area (Å²) in [6.07, 6.45) is 0. The summed E-state index contributed by atoms with van der Waals surface area (Å²) in [6.45, 7) is -3.04. The zero-order valence-electron chi connectivity index (χ0n) is 9.94. The SMILES string of the molecule is O=[N+]([O-])N(CC(I)([N+](=O)[O-])[N+](=O)[O-])CC(I)([N+](=O)[O-])[N+](=O)[O-]. The second-order valence-electron chi connectivity index (χ2n) is 3.53. The molecule has 0 aromatic heterocycles. The first-order valence-corrected chi connectivity index (χ1v) is 6.80. The zero-order chi connectivity index (χ0) is 17.9. The van der Waals surface area contributed by atoms with Crippen molar-refractivity contribution in [2.45, 2.75) is 7.34 Å². The summed E-state index contributed by atoms with van der Waals surface area (Å²) in [5, 5.41) is 51.8. The Kier molecular flexibility index (Phi) is 6.46. The average Bonchev–Trinajstić information content (AvgIpc) is 2.36. The van der Waals surface area contributed by atoms with Gasteiger partial charge in [-0.15, -0.1) is 0 Å². The summed E-state index contributed by atoms with van der Waals surface area (Å²) >= 11 is 1.41. The van der Waals surface area contributed by atoms with Crippen molar-refractivity contribution < 1.29 is 24.7 Å². The summed E-state index contributed by atoms with van der Waals surface area (Å²) in [7, 11) is 0. The summed E-state index contributed by atoms with van der Waals surface area (Å²) < 4.78 is -6.20. The van der Waals surface area contributed by atoms with Crippen molar-refractivity contribution in [1.82, 2.24) is 5.01 Å². The number of nitrogens with zero attached hydrogens (tertiary/aromatic N) is 6. The summed E-state index contributed by atoms with van der Waals surface area (Å²) in [6, 6.07) is 0. The molecule has 0 bridgehead atoms. The van der Waals surface area contributed by atoms with E-state index >= 15 is 0 Å². The van der Waals surface area contributed by atoms with Crippen molar-refractivity contribution in [2.75, 3.05) is 13.1 Å². The summed E-state index contributed by atoms with van der Waals surface area (Å²) in [4.78, 5) is 47.8. The van der Waals surface area contributed by atoms with Gasteiger partial charge >= 0.3 is 7.34 Å². The van der Waals surface area contributed by atoms with Gasteiger partial charge in [-0.2, -0.15) is 0 Å². The molecule has 0 saturated carbocycles. The van der Waals surface area contributed by atoms with Gasteiger partial charge in [0, 0.05) is 0 Å². The van der Waals surface area contributed by atoms with Gasteiger partial charge in [-0.3, -0.25) is 40.5 Å². The van der Waals surface area contributed by atoms with Crippen LogP contribution >= 0.6 is 45.2 Å². The van der Waals surface area contributed by atoms with Gasteiger partial charge < -0.3 is 0 Å². The van der Waals surface area contributed by atoms with E-state index < -0.39 is 45.2 Å². The molecule has 0 aromatic carbocycles. The van der Waals surface area contributed by atoms with E-state index in [1.807, 2.05) is 0 Å². The standard InChI is InChI=1S/C4H4I2N6O10/c5-3(8(13)14,9(15)16)1-7(12(21)22)2-4(6,10(17)18)11(19)20/h1-2H2. The highest BCUT2D eigenvalue weighted by atomic mass is 127. The Labute approximate surface area is 145 Å². The van der Waals surface area contributed by atoms with Crippen LogP contribution < -0.4 is 0 Å². The van der Waals surface area contributed by atoms with Crippen LogP contribution in [0.3, 0.4) is 0 Å². The first kappa shape index (κ1) is 20.3. The maximum Gasteiger partial charge on any atom is 0.525 e. The molecule has 0 heterocycles. The van der Waals surface area contributed by atoms with Crippen molar-refractivity contribution in [2.24, 2.45) is 0 Å². The predicted molar refractivity (Wildman–Crippen MR) is 80.0 cm³/mol. The molecule has 0 N–H and O–H groups in total. The molecule has 0 saturated heterocycles. The predicted octanol–water partition coefficient (Wildman–Crippen LogP) is -0.236. The Balaban J connectivity index is 5.65. The molecule has 0 amide bonds. The first-order chi connectivity index (χ1) is 9.79. The van der Waals surface area contributed by atoms with Crippen LogP contribution in [-0.4, -0.2) is 50.2 Å². The van der Waals surface area contributed by atoms with Crippen molar-refractivity contribution in [3.05, 3.63) is 50.6 Å². The maximum atomic E-state index is 10.8. The minimum absolute atomic E-state index is 0.309. The Morgan fingerprint density at radius 1 is 0.682 bits per heavy atom. The molecule has 0 aliphatic carbocycles. The average molecular weight is 550 g/mol. The molecule has 0 aromatic rings. The van der Waals surface area contributed by atoms with Gasteiger partial charge in [0.05, 0.1) is 0 Å². The third-order valence-electron chi connectivity index (χ3n) is 2.12. The smallest absolute Gasteiger partial charge is 0.258 e. The fraction of sp³-hybridized carbons (Fsp3) is 1.00. The molecule has 18 heteroatoms. The second kappa shape index (κ2) is 7.01. The Bertz CT molecular complexity index is 470. The van der Waals surface area contributed by atoms with E-state index in [1.54, 1.807) is 0 Å². The van der Waals surface area contributed by atoms with E-state index in [-0.39, 0.29) is 5.01 Å². The van der Waals surface area contributed by atoms with Crippen LogP contribution in [0, 0.1) is 50.6 Å². The molecule has 16 nitrogen and oxygen atoms in total. The van der Waals surface area contributed by atoms with E-state index in [1.165, 1.54) is 0 Å². The van der Waals surface area contributed by atoms with Crippen LogP contribution in [0.4, 0.5) is 0 Å². The van der Waals surface area contributed by atoms with Gasteiger partial charge in [-0.1, -0.05) is 5.01 Å². The van der Waals surface area contributed by atoms with Crippen LogP contribution in [0.15, 0.2) is 0 Å². The third kappa shape index (κ3) is 4.14. The summed E-state index contributed by atoms with van der Waals surface area (Å²) in [5.41, 5.74) is 0. The minimum atomic E-state index is -3.10. The number of hydrogen-bond acceptors (Lipinski definition) is 10. The van der Waals surface area contributed by atoms with Gasteiger partial charge in [0.2, 0.25) is 13.1 Å². The van der Waals surface area contributed by atoms with Gasteiger partial charge in [-0.25, -0.2) is 10.1 Å². The number of alkyl halides is 2. The lowest BCUT2D eigenvalue weighted by atomic mass is 10.4. The van der Waals surface area contributed by atoms with E-state index in [9.17, 15) is 50.6 Å². The van der Waals surface area contributed by atoms with Crippen LogP contribution in [0.2, 0.25) is 0 Å². The van der Waals surface area contributed by atoms with E-state index in [4.69, 9.17) is 0 Å². The van der Waals surface area contributed by atoms with Gasteiger partial charge in [0.15, 0.2) is 5.03 Å². The molecule has 0 aliphatic heterocycles. The quantitative estimate of drug-likeness (QED) is 0.0911. The van der Waals surface area contributed by atoms with Gasteiger partial charge in [0.1, 0.15) is 64.9 Å². The Morgan fingerprint density at radius 2 is 0.909 bits per heavy atom. The first-order valence-electron chi connectivity index (χ1n) is 4.64. The van der Waals surface area contributed by atoms with Gasteiger partial charge in [0.25, 0.3) is 0 Å². The largest absolute Gasteiger partial charge is 0.525 e. The molecule has 0 radical (unpaired) electrons. The molecule has 0 fully saturated rings. The number of hydrogen-bond donors (Lipinski definition) is 0. The monoisotopic (exact) mass is 550 g/mol. The molecule has 124 valence electrons. The lowest BCUT2D eigenvalue weighted by molar-refractivity contribution is -0.787. The molecule has 0 rings (SSSR count). The highest BCUT2D eigenvalue weighted by Crippen LogP contribution is 2.26. The van der Waals surface area contributed by atoms with Crippen molar-refractivity contribution >= 4 is 45.2 Å². The number of rotatable bonds is 9. The van der Waals surface area contributed by atoms with E-state index in [0.717, 1.165) is 0 Å². The van der Waals surface area contributed by atoms with Gasteiger partial charge in [-0.05, 0) is 0 Å². The lowest BCUT2D eigenvalue weighted by Crippen LogP contribution is -2.57. The normalized spacial score (nSPS) is 11.5. The molecular weight excluding hydrogens is 546 g/mol. The van der Waals surface area contributed by atoms with Crippen molar-refractivity contribution in [3.8, 4) is 0 Å². The second-order valence-corrected chi connectivity index (χ2v) is 6.98. The van der Waals surface area contributed by atoms with E-state index in [2.05, 4.69) is 0 Å². The lowest BCUT2D eigenvalue weighted by Gasteiger charge is -2.18. The molecule has 0 unspecified atom stereocenters. The molecule has 0 aliphatic rings. The highest BCUT2D eigenvalue weighted by molar-refractivity contribution is 14.1.